The second-order valence-corrected chi connectivity index (χ2v) is 6.92. The SMILES string of the molecule is CCCc1cc(OC(C)C)c(C2CCC=C(C)C2)c(O)c1C(=O)O. The minimum Gasteiger partial charge on any atom is -0.507 e. The number of ether oxygens (including phenoxy) is 1. The summed E-state index contributed by atoms with van der Waals surface area (Å²) in [6.45, 7) is 7.96. The van der Waals surface area contributed by atoms with E-state index in [4.69, 9.17) is 4.74 Å². The second kappa shape index (κ2) is 7.73. The summed E-state index contributed by atoms with van der Waals surface area (Å²) in [5.41, 5.74) is 2.61. The Bertz CT molecular complexity index is 644. The van der Waals surface area contributed by atoms with Gasteiger partial charge in [0.25, 0.3) is 0 Å². The highest BCUT2D eigenvalue weighted by Gasteiger charge is 2.29. The number of aryl methyl sites for hydroxylation is 1. The lowest BCUT2D eigenvalue weighted by Crippen LogP contribution is -2.14. The van der Waals surface area contributed by atoms with Gasteiger partial charge in [0, 0.05) is 5.56 Å². The van der Waals surface area contributed by atoms with E-state index in [0.717, 1.165) is 25.7 Å². The monoisotopic (exact) mass is 332 g/mol. The van der Waals surface area contributed by atoms with E-state index in [-0.39, 0.29) is 23.3 Å². The van der Waals surface area contributed by atoms with Crippen molar-refractivity contribution >= 4 is 5.97 Å². The first kappa shape index (κ1) is 18.4. The largest absolute Gasteiger partial charge is 0.507 e. The third-order valence-electron chi connectivity index (χ3n) is 4.46. The van der Waals surface area contributed by atoms with Gasteiger partial charge in [0.2, 0.25) is 0 Å². The van der Waals surface area contributed by atoms with E-state index in [0.29, 0.717) is 23.3 Å². The van der Waals surface area contributed by atoms with Crippen molar-refractivity contribution in [1.29, 1.82) is 0 Å². The van der Waals surface area contributed by atoms with Gasteiger partial charge in [-0.3, -0.25) is 0 Å². The van der Waals surface area contributed by atoms with Crippen molar-refractivity contribution in [2.75, 3.05) is 0 Å². The molecule has 0 radical (unpaired) electrons. The molecule has 2 rings (SSSR count). The number of aromatic carboxylic acids is 1. The summed E-state index contributed by atoms with van der Waals surface area (Å²) >= 11 is 0. The summed E-state index contributed by atoms with van der Waals surface area (Å²) in [6.07, 6.45) is 6.25. The zero-order valence-electron chi connectivity index (χ0n) is 15.1. The van der Waals surface area contributed by atoms with Gasteiger partial charge in [-0.2, -0.15) is 0 Å². The Morgan fingerprint density at radius 1 is 1.42 bits per heavy atom. The number of hydrogen-bond acceptors (Lipinski definition) is 3. The molecule has 1 aromatic carbocycles. The van der Waals surface area contributed by atoms with E-state index in [1.165, 1.54) is 5.57 Å². The van der Waals surface area contributed by atoms with Gasteiger partial charge in [0.1, 0.15) is 17.1 Å². The maximum absolute atomic E-state index is 11.7. The van der Waals surface area contributed by atoms with Gasteiger partial charge < -0.3 is 14.9 Å². The zero-order valence-corrected chi connectivity index (χ0v) is 15.1. The zero-order chi connectivity index (χ0) is 17.9. The number of carboxylic acid groups (broad SMARTS) is 1. The molecule has 0 amide bonds. The predicted molar refractivity (Wildman–Crippen MR) is 95.2 cm³/mol. The van der Waals surface area contributed by atoms with Gasteiger partial charge in [0.05, 0.1) is 6.10 Å². The maximum atomic E-state index is 11.7. The maximum Gasteiger partial charge on any atom is 0.339 e. The Balaban J connectivity index is 2.62. The van der Waals surface area contributed by atoms with Crippen LogP contribution in [0.4, 0.5) is 0 Å². The molecule has 1 atom stereocenters. The highest BCUT2D eigenvalue weighted by atomic mass is 16.5. The van der Waals surface area contributed by atoms with Crippen molar-refractivity contribution in [2.45, 2.75) is 71.8 Å². The van der Waals surface area contributed by atoms with Crippen LogP contribution in [0.3, 0.4) is 0 Å². The third-order valence-corrected chi connectivity index (χ3v) is 4.46. The van der Waals surface area contributed by atoms with E-state index in [2.05, 4.69) is 13.0 Å². The fourth-order valence-corrected chi connectivity index (χ4v) is 3.51. The molecule has 1 aliphatic rings. The third kappa shape index (κ3) is 3.92. The van der Waals surface area contributed by atoms with Crippen LogP contribution in [0.25, 0.3) is 0 Å². The highest BCUT2D eigenvalue weighted by molar-refractivity contribution is 5.94. The summed E-state index contributed by atoms with van der Waals surface area (Å²) in [5, 5.41) is 20.4. The molecular formula is C20H28O4. The van der Waals surface area contributed by atoms with Crippen molar-refractivity contribution in [3.05, 3.63) is 34.4 Å². The van der Waals surface area contributed by atoms with Crippen molar-refractivity contribution in [3.8, 4) is 11.5 Å². The van der Waals surface area contributed by atoms with Crippen molar-refractivity contribution in [2.24, 2.45) is 0 Å². The van der Waals surface area contributed by atoms with Crippen LogP contribution in [0.15, 0.2) is 17.7 Å². The molecule has 2 N–H and O–H groups in total. The first-order valence-electron chi connectivity index (χ1n) is 8.79. The minimum absolute atomic E-state index is 0.0338. The Kier molecular flexibility index (Phi) is 5.92. The van der Waals surface area contributed by atoms with Crippen molar-refractivity contribution in [1.82, 2.24) is 0 Å². The quantitative estimate of drug-likeness (QED) is 0.716. The number of carboxylic acids is 1. The van der Waals surface area contributed by atoms with Crippen LogP contribution in [0, 0.1) is 0 Å². The van der Waals surface area contributed by atoms with Crippen LogP contribution in [0.5, 0.6) is 11.5 Å². The fourth-order valence-electron chi connectivity index (χ4n) is 3.51. The molecule has 132 valence electrons. The molecule has 1 unspecified atom stereocenters. The lowest BCUT2D eigenvalue weighted by molar-refractivity contribution is 0.0692. The minimum atomic E-state index is -1.07. The molecule has 4 nitrogen and oxygen atoms in total. The Morgan fingerprint density at radius 2 is 2.12 bits per heavy atom. The fraction of sp³-hybridized carbons (Fsp3) is 0.550. The average Bonchev–Trinajstić information content (AvgIpc) is 2.46. The Labute approximate surface area is 144 Å². The molecule has 1 aliphatic carbocycles. The number of allylic oxidation sites excluding steroid dienone is 2. The van der Waals surface area contributed by atoms with Gasteiger partial charge in [-0.15, -0.1) is 0 Å². The number of benzene rings is 1. The summed E-state index contributed by atoms with van der Waals surface area (Å²) < 4.78 is 5.96. The molecule has 1 aromatic rings. The van der Waals surface area contributed by atoms with Gasteiger partial charge in [-0.1, -0.05) is 25.0 Å². The molecule has 24 heavy (non-hydrogen) atoms. The standard InChI is InChI=1S/C20H28O4/c1-5-7-14-11-16(24-12(2)3)17(19(21)18(14)20(22)23)15-9-6-8-13(4)10-15/h8,11-12,15,21H,5-7,9-10H2,1-4H3,(H,22,23). The van der Waals surface area contributed by atoms with Crippen LogP contribution in [-0.4, -0.2) is 22.3 Å². The summed E-state index contributed by atoms with van der Waals surface area (Å²) in [6, 6.07) is 1.83. The smallest absolute Gasteiger partial charge is 0.339 e. The first-order chi connectivity index (χ1) is 11.3. The molecule has 4 heteroatoms. The molecule has 0 fully saturated rings. The second-order valence-electron chi connectivity index (χ2n) is 6.92. The van der Waals surface area contributed by atoms with Crippen molar-refractivity contribution in [3.63, 3.8) is 0 Å². The normalized spacial score (nSPS) is 17.7. The van der Waals surface area contributed by atoms with Crippen LogP contribution in [-0.2, 0) is 6.42 Å². The summed E-state index contributed by atoms with van der Waals surface area (Å²) in [4.78, 5) is 11.7. The Morgan fingerprint density at radius 3 is 2.67 bits per heavy atom. The van der Waals surface area contributed by atoms with Crippen LogP contribution < -0.4 is 4.74 Å². The molecule has 0 saturated heterocycles. The van der Waals surface area contributed by atoms with Crippen LogP contribution in [0.1, 0.15) is 80.8 Å². The first-order valence-corrected chi connectivity index (χ1v) is 8.79. The van der Waals surface area contributed by atoms with Gasteiger partial charge in [0.15, 0.2) is 0 Å². The van der Waals surface area contributed by atoms with E-state index < -0.39 is 5.97 Å². The topological polar surface area (TPSA) is 66.8 Å². The predicted octanol–water partition coefficient (Wildman–Crippen LogP) is 5.04. The number of rotatable bonds is 6. The van der Waals surface area contributed by atoms with Crippen LogP contribution >= 0.6 is 0 Å². The van der Waals surface area contributed by atoms with Gasteiger partial charge in [-0.05, 0) is 64.0 Å². The van der Waals surface area contributed by atoms with E-state index in [1.54, 1.807) is 0 Å². The molecule has 0 heterocycles. The number of aromatic hydroxyl groups is 1. The lowest BCUT2D eigenvalue weighted by Gasteiger charge is -2.27. The summed E-state index contributed by atoms with van der Waals surface area (Å²) in [5.74, 6) is -0.451. The molecule has 0 aliphatic heterocycles. The average molecular weight is 332 g/mol. The lowest BCUT2D eigenvalue weighted by atomic mass is 9.81. The molecule has 0 spiro atoms. The molecule has 0 saturated carbocycles. The molecule has 0 bridgehead atoms. The molecular weight excluding hydrogens is 304 g/mol. The van der Waals surface area contributed by atoms with E-state index >= 15 is 0 Å². The van der Waals surface area contributed by atoms with Crippen molar-refractivity contribution < 1.29 is 19.7 Å². The Hall–Kier alpha value is -1.97. The number of carbonyl (C=O) groups is 1. The molecule has 0 aromatic heterocycles. The van der Waals surface area contributed by atoms with E-state index in [9.17, 15) is 15.0 Å². The number of hydrogen-bond donors (Lipinski definition) is 2. The van der Waals surface area contributed by atoms with Gasteiger partial charge >= 0.3 is 5.97 Å². The highest BCUT2D eigenvalue weighted by Crippen LogP contribution is 2.45. The van der Waals surface area contributed by atoms with E-state index in [1.807, 2.05) is 26.8 Å². The summed E-state index contributed by atoms with van der Waals surface area (Å²) in [7, 11) is 0. The van der Waals surface area contributed by atoms with Gasteiger partial charge in [-0.25, -0.2) is 4.79 Å². The van der Waals surface area contributed by atoms with Crippen LogP contribution in [0.2, 0.25) is 0 Å². The number of phenols is 1.